The van der Waals surface area contributed by atoms with Gasteiger partial charge in [0.15, 0.2) is 5.84 Å². The molecular weight excluding hydrogens is 280 g/mol. The second kappa shape index (κ2) is 7.83. The molecule has 22 heavy (non-hydrogen) atoms. The summed E-state index contributed by atoms with van der Waals surface area (Å²) in [5, 5.41) is 3.66. The zero-order valence-corrected chi connectivity index (χ0v) is 12.4. The number of hydrogen-bond donors (Lipinski definition) is 1. The quantitative estimate of drug-likeness (QED) is 0.385. The van der Waals surface area contributed by atoms with Crippen molar-refractivity contribution in [1.29, 1.82) is 0 Å². The van der Waals surface area contributed by atoms with Gasteiger partial charge in [0.25, 0.3) is 0 Å². The highest BCUT2D eigenvalue weighted by molar-refractivity contribution is 5.98. The summed E-state index contributed by atoms with van der Waals surface area (Å²) in [5.74, 6) is 0.295. The molecule has 2 rings (SSSR count). The van der Waals surface area contributed by atoms with Gasteiger partial charge in [0.05, 0.1) is 12.2 Å². The van der Waals surface area contributed by atoms with E-state index in [0.29, 0.717) is 23.5 Å². The van der Waals surface area contributed by atoms with Crippen molar-refractivity contribution in [2.45, 2.75) is 13.3 Å². The highest BCUT2D eigenvalue weighted by Gasteiger charge is 2.08. The second-order valence-electron chi connectivity index (χ2n) is 4.59. The molecule has 0 bridgehead atoms. The van der Waals surface area contributed by atoms with Crippen LogP contribution in [0.15, 0.2) is 59.8 Å². The molecule has 0 aliphatic carbocycles. The van der Waals surface area contributed by atoms with Crippen LogP contribution < -0.4 is 10.5 Å². The summed E-state index contributed by atoms with van der Waals surface area (Å²) in [5.41, 5.74) is 6.83. The molecule has 0 amide bonds. The topological polar surface area (TPSA) is 73.9 Å². The summed E-state index contributed by atoms with van der Waals surface area (Å²) in [4.78, 5) is 16.7. The predicted molar refractivity (Wildman–Crippen MR) is 84.8 cm³/mol. The van der Waals surface area contributed by atoms with E-state index in [9.17, 15) is 4.79 Å². The van der Waals surface area contributed by atoms with E-state index in [4.69, 9.17) is 15.3 Å². The summed E-state index contributed by atoms with van der Waals surface area (Å²) in [7, 11) is 0. The monoisotopic (exact) mass is 298 g/mol. The molecule has 0 atom stereocenters. The molecule has 2 aromatic carbocycles. The Morgan fingerprint density at radius 1 is 1.05 bits per heavy atom. The molecular formula is C17H18N2O3. The van der Waals surface area contributed by atoms with Crippen molar-refractivity contribution < 1.29 is 14.4 Å². The summed E-state index contributed by atoms with van der Waals surface area (Å²) in [6, 6.07) is 15.8. The van der Waals surface area contributed by atoms with E-state index < -0.39 is 5.97 Å². The molecule has 5 nitrogen and oxygen atoms in total. The van der Waals surface area contributed by atoms with E-state index in [2.05, 4.69) is 5.16 Å². The minimum Gasteiger partial charge on any atom is -0.494 e. The first-order chi connectivity index (χ1) is 10.7. The zero-order valence-electron chi connectivity index (χ0n) is 12.4. The Kier molecular flexibility index (Phi) is 5.54. The first kappa shape index (κ1) is 15.6. The van der Waals surface area contributed by atoms with Crippen LogP contribution in [0.4, 0.5) is 0 Å². The van der Waals surface area contributed by atoms with Crippen molar-refractivity contribution >= 4 is 11.8 Å². The number of rotatable bonds is 6. The number of carbonyl (C=O) groups excluding carboxylic acids is 1. The van der Waals surface area contributed by atoms with Gasteiger partial charge in [-0.3, -0.25) is 0 Å². The fourth-order valence-corrected chi connectivity index (χ4v) is 1.71. The Hall–Kier alpha value is -2.82. The van der Waals surface area contributed by atoms with E-state index in [-0.39, 0.29) is 5.84 Å². The summed E-state index contributed by atoms with van der Waals surface area (Å²) in [6.07, 6.45) is 0.928. The fraction of sp³-hybridized carbons (Fsp3) is 0.176. The number of amidine groups is 1. The first-order valence-electron chi connectivity index (χ1n) is 7.04. The lowest BCUT2D eigenvalue weighted by Crippen LogP contribution is -2.15. The van der Waals surface area contributed by atoms with Crippen LogP contribution in [-0.2, 0) is 4.84 Å². The molecule has 114 valence electrons. The third-order valence-electron chi connectivity index (χ3n) is 2.86. The number of oxime groups is 1. The molecule has 0 heterocycles. The Labute approximate surface area is 129 Å². The van der Waals surface area contributed by atoms with Gasteiger partial charge >= 0.3 is 5.97 Å². The molecule has 0 saturated heterocycles. The molecule has 2 aromatic rings. The predicted octanol–water partition coefficient (Wildman–Crippen LogP) is 2.95. The number of nitrogens with zero attached hydrogens (tertiary/aromatic N) is 1. The van der Waals surface area contributed by atoms with Crippen LogP contribution in [0.2, 0.25) is 0 Å². The Balaban J connectivity index is 1.97. The molecule has 0 saturated carbocycles. The van der Waals surface area contributed by atoms with Gasteiger partial charge in [-0.1, -0.05) is 42.4 Å². The SMILES string of the molecule is CCCOc1ccc(C(=O)O/N=C(/N)c2ccccc2)cc1. The second-order valence-corrected chi connectivity index (χ2v) is 4.59. The highest BCUT2D eigenvalue weighted by Crippen LogP contribution is 2.13. The van der Waals surface area contributed by atoms with Gasteiger partial charge in [0.2, 0.25) is 0 Å². The number of hydrogen-bond acceptors (Lipinski definition) is 4. The normalized spacial score (nSPS) is 11.0. The van der Waals surface area contributed by atoms with Crippen molar-refractivity contribution in [3.05, 3.63) is 65.7 Å². The summed E-state index contributed by atoms with van der Waals surface area (Å²) < 4.78 is 5.45. The van der Waals surface area contributed by atoms with E-state index in [1.165, 1.54) is 0 Å². The first-order valence-corrected chi connectivity index (χ1v) is 7.04. The van der Waals surface area contributed by atoms with Gasteiger partial charge in [-0.05, 0) is 30.7 Å². The number of ether oxygens (including phenoxy) is 1. The van der Waals surface area contributed by atoms with E-state index in [1.54, 1.807) is 36.4 Å². The zero-order chi connectivity index (χ0) is 15.8. The minimum absolute atomic E-state index is 0.150. The Bertz CT molecular complexity index is 637. The van der Waals surface area contributed by atoms with Crippen molar-refractivity contribution in [3.8, 4) is 5.75 Å². The van der Waals surface area contributed by atoms with Crippen LogP contribution in [0.3, 0.4) is 0 Å². The van der Waals surface area contributed by atoms with E-state index in [0.717, 1.165) is 6.42 Å². The van der Waals surface area contributed by atoms with Crippen molar-refractivity contribution in [1.82, 2.24) is 0 Å². The number of nitrogens with two attached hydrogens (primary N) is 1. The summed E-state index contributed by atoms with van der Waals surface area (Å²) >= 11 is 0. The van der Waals surface area contributed by atoms with E-state index >= 15 is 0 Å². The molecule has 0 spiro atoms. The molecule has 0 fully saturated rings. The maximum Gasteiger partial charge on any atom is 0.365 e. The van der Waals surface area contributed by atoms with Crippen LogP contribution in [-0.4, -0.2) is 18.4 Å². The average molecular weight is 298 g/mol. The molecule has 0 aliphatic heterocycles. The number of carbonyl (C=O) groups is 1. The molecule has 5 heteroatoms. The van der Waals surface area contributed by atoms with Gasteiger partial charge in [0, 0.05) is 5.56 Å². The maximum absolute atomic E-state index is 11.9. The largest absolute Gasteiger partial charge is 0.494 e. The maximum atomic E-state index is 11.9. The molecule has 0 aliphatic rings. The number of benzene rings is 2. The molecule has 0 unspecified atom stereocenters. The van der Waals surface area contributed by atoms with Crippen molar-refractivity contribution in [2.75, 3.05) is 6.61 Å². The van der Waals surface area contributed by atoms with Crippen molar-refractivity contribution in [3.63, 3.8) is 0 Å². The van der Waals surface area contributed by atoms with Gasteiger partial charge in [-0.15, -0.1) is 0 Å². The van der Waals surface area contributed by atoms with Gasteiger partial charge in [-0.2, -0.15) is 0 Å². The van der Waals surface area contributed by atoms with Gasteiger partial charge in [-0.25, -0.2) is 4.79 Å². The van der Waals surface area contributed by atoms with Crippen molar-refractivity contribution in [2.24, 2.45) is 10.9 Å². The van der Waals surface area contributed by atoms with Crippen LogP contribution in [0.1, 0.15) is 29.3 Å². The Morgan fingerprint density at radius 3 is 2.36 bits per heavy atom. The highest BCUT2D eigenvalue weighted by atomic mass is 16.7. The smallest absolute Gasteiger partial charge is 0.365 e. The van der Waals surface area contributed by atoms with Crippen LogP contribution in [0, 0.1) is 0 Å². The van der Waals surface area contributed by atoms with Crippen LogP contribution in [0.5, 0.6) is 5.75 Å². The third-order valence-corrected chi connectivity index (χ3v) is 2.86. The molecule has 2 N–H and O–H groups in total. The molecule has 0 radical (unpaired) electrons. The standard InChI is InChI=1S/C17H18N2O3/c1-2-12-21-15-10-8-14(9-11-15)17(20)22-19-16(18)13-6-4-3-5-7-13/h3-11H,2,12H2,1H3,(H2,18,19). The van der Waals surface area contributed by atoms with Crippen LogP contribution in [0.25, 0.3) is 0 Å². The minimum atomic E-state index is -0.569. The third kappa shape index (κ3) is 4.34. The lowest BCUT2D eigenvalue weighted by atomic mass is 10.2. The fourth-order valence-electron chi connectivity index (χ4n) is 1.71. The average Bonchev–Trinajstić information content (AvgIpc) is 2.58. The molecule has 0 aromatic heterocycles. The van der Waals surface area contributed by atoms with Gasteiger partial charge in [0.1, 0.15) is 5.75 Å². The van der Waals surface area contributed by atoms with Gasteiger partial charge < -0.3 is 15.3 Å². The lowest BCUT2D eigenvalue weighted by Gasteiger charge is -2.05. The lowest BCUT2D eigenvalue weighted by molar-refractivity contribution is 0.0516. The Morgan fingerprint density at radius 2 is 1.73 bits per heavy atom. The van der Waals surface area contributed by atoms with Crippen LogP contribution >= 0.6 is 0 Å². The summed E-state index contributed by atoms with van der Waals surface area (Å²) in [6.45, 7) is 2.67. The van der Waals surface area contributed by atoms with E-state index in [1.807, 2.05) is 25.1 Å².